The summed E-state index contributed by atoms with van der Waals surface area (Å²) in [5.41, 5.74) is 2.82. The third kappa shape index (κ3) is 1.74. The van der Waals surface area contributed by atoms with Crippen molar-refractivity contribution in [2.24, 2.45) is 0 Å². The summed E-state index contributed by atoms with van der Waals surface area (Å²) in [6.07, 6.45) is 7.04. The Morgan fingerprint density at radius 2 is 1.75 bits per heavy atom. The summed E-state index contributed by atoms with van der Waals surface area (Å²) >= 11 is 0. The van der Waals surface area contributed by atoms with E-state index in [1.165, 1.54) is 39.0 Å². The van der Waals surface area contributed by atoms with E-state index in [4.69, 9.17) is 0 Å². The normalized spacial score (nSPS) is 14.6. The standard InChI is InChI=1S/C19H17S/c1-14-10-12-15(13-11-14)20-18-8-4-2-6-16(18)17-7-3-5-9-19(17)20/h2-4,6-8,10-13H,5,9H2,1H3/q+1. The molecular formula is C19H17S+. The van der Waals surface area contributed by atoms with Crippen LogP contribution < -0.4 is 0 Å². The molecule has 4 rings (SSSR count). The second kappa shape index (κ2) is 4.60. The minimum absolute atomic E-state index is 0.138. The van der Waals surface area contributed by atoms with Gasteiger partial charge in [-0.25, -0.2) is 0 Å². The maximum Gasteiger partial charge on any atom is 0.187 e. The molecule has 0 spiro atoms. The Hall–Kier alpha value is -1.86. The lowest BCUT2D eigenvalue weighted by molar-refractivity contribution is 1.01. The monoisotopic (exact) mass is 277 g/mol. The highest BCUT2D eigenvalue weighted by atomic mass is 32.2. The molecule has 1 aromatic heterocycles. The van der Waals surface area contributed by atoms with Crippen molar-refractivity contribution in [1.29, 1.82) is 0 Å². The summed E-state index contributed by atoms with van der Waals surface area (Å²) in [4.78, 5) is 3.10. The fourth-order valence-electron chi connectivity index (χ4n) is 3.04. The summed E-state index contributed by atoms with van der Waals surface area (Å²) in [5, 5.41) is 1.45. The van der Waals surface area contributed by atoms with Gasteiger partial charge in [0, 0.05) is 27.8 Å². The van der Waals surface area contributed by atoms with E-state index in [9.17, 15) is 0 Å². The van der Waals surface area contributed by atoms with E-state index in [1.54, 1.807) is 4.88 Å². The molecule has 1 heteroatoms. The first kappa shape index (κ1) is 11.9. The molecule has 1 heterocycles. The summed E-state index contributed by atoms with van der Waals surface area (Å²) in [5.74, 6) is 0. The first-order chi connectivity index (χ1) is 9.84. The number of aryl methyl sites for hydroxylation is 1. The molecule has 98 valence electrons. The van der Waals surface area contributed by atoms with Crippen LogP contribution in [-0.4, -0.2) is 0 Å². The zero-order valence-electron chi connectivity index (χ0n) is 11.6. The van der Waals surface area contributed by atoms with Gasteiger partial charge in [-0.1, -0.05) is 42.0 Å². The van der Waals surface area contributed by atoms with E-state index in [2.05, 4.69) is 67.6 Å². The number of hydrogen-bond donors (Lipinski definition) is 0. The van der Waals surface area contributed by atoms with Crippen LogP contribution in [0.15, 0.2) is 54.6 Å². The second-order valence-electron chi connectivity index (χ2n) is 5.39. The largest absolute Gasteiger partial charge is 0.187 e. The van der Waals surface area contributed by atoms with Gasteiger partial charge in [0.1, 0.15) is 0 Å². The number of fused-ring (bicyclic) bond motifs is 3. The molecule has 2 aromatic carbocycles. The molecule has 20 heavy (non-hydrogen) atoms. The van der Waals surface area contributed by atoms with Gasteiger partial charge in [-0.3, -0.25) is 0 Å². The number of allylic oxidation sites excluding steroid dienone is 1. The number of thiophene rings is 1. The van der Waals surface area contributed by atoms with E-state index in [0.29, 0.717) is 0 Å². The zero-order chi connectivity index (χ0) is 13.5. The van der Waals surface area contributed by atoms with Crippen LogP contribution in [0.4, 0.5) is 0 Å². The molecule has 0 bridgehead atoms. The molecule has 0 amide bonds. The third-order valence-corrected chi connectivity index (χ3v) is 6.48. The zero-order valence-corrected chi connectivity index (χ0v) is 12.4. The van der Waals surface area contributed by atoms with E-state index in [0.717, 1.165) is 0 Å². The van der Waals surface area contributed by atoms with Crippen LogP contribution in [0.2, 0.25) is 0 Å². The predicted molar refractivity (Wildman–Crippen MR) is 89.9 cm³/mol. The van der Waals surface area contributed by atoms with Crippen molar-refractivity contribution < 1.29 is 0 Å². The van der Waals surface area contributed by atoms with Gasteiger partial charge >= 0.3 is 0 Å². The van der Waals surface area contributed by atoms with Gasteiger partial charge in [0.15, 0.2) is 14.5 Å². The molecule has 0 aliphatic heterocycles. The lowest BCUT2D eigenvalue weighted by Gasteiger charge is -2.02. The van der Waals surface area contributed by atoms with Crippen molar-refractivity contribution in [2.75, 3.05) is 0 Å². The number of benzene rings is 2. The van der Waals surface area contributed by atoms with Crippen molar-refractivity contribution in [3.05, 3.63) is 70.6 Å². The molecule has 1 unspecified atom stereocenters. The van der Waals surface area contributed by atoms with Crippen molar-refractivity contribution in [1.82, 2.24) is 0 Å². The Kier molecular flexibility index (Phi) is 2.75. The van der Waals surface area contributed by atoms with Crippen molar-refractivity contribution in [3.63, 3.8) is 0 Å². The van der Waals surface area contributed by atoms with Crippen LogP contribution in [0, 0.1) is 6.92 Å². The molecule has 1 atom stereocenters. The molecule has 3 aromatic rings. The maximum absolute atomic E-state index is 2.33. The highest BCUT2D eigenvalue weighted by molar-refractivity contribution is 7.45. The Balaban J connectivity index is 2.08. The molecular weight excluding hydrogens is 260 g/mol. The summed E-state index contributed by atoms with van der Waals surface area (Å²) < 4.78 is 1.51. The van der Waals surface area contributed by atoms with Gasteiger partial charge in [-0.15, -0.1) is 0 Å². The summed E-state index contributed by atoms with van der Waals surface area (Å²) in [6.45, 7) is 2.16. The molecule has 1 aliphatic rings. The Labute approximate surface area is 122 Å². The van der Waals surface area contributed by atoms with Gasteiger partial charge in [-0.05, 0) is 37.6 Å². The average molecular weight is 277 g/mol. The van der Waals surface area contributed by atoms with E-state index >= 15 is 0 Å². The molecule has 0 nitrogen and oxygen atoms in total. The fraction of sp³-hybridized carbons (Fsp3) is 0.158. The molecule has 1 aliphatic carbocycles. The van der Waals surface area contributed by atoms with E-state index < -0.39 is 0 Å². The quantitative estimate of drug-likeness (QED) is 0.490. The smallest absolute Gasteiger partial charge is 0.0832 e. The lowest BCUT2D eigenvalue weighted by Crippen LogP contribution is -1.89. The molecule has 0 N–H and O–H groups in total. The van der Waals surface area contributed by atoms with Gasteiger partial charge in [0.2, 0.25) is 0 Å². The van der Waals surface area contributed by atoms with Gasteiger partial charge in [-0.2, -0.15) is 0 Å². The molecule has 0 fully saturated rings. The Bertz CT molecular complexity index is 804. The van der Waals surface area contributed by atoms with Crippen molar-refractivity contribution in [2.45, 2.75) is 19.8 Å². The van der Waals surface area contributed by atoms with Crippen LogP contribution in [0.3, 0.4) is 0 Å². The van der Waals surface area contributed by atoms with Crippen molar-refractivity contribution >= 4 is 26.6 Å². The highest BCUT2D eigenvalue weighted by Gasteiger charge is 2.28. The minimum atomic E-state index is 0.138. The topological polar surface area (TPSA) is 0 Å². The predicted octanol–water partition coefficient (Wildman–Crippen LogP) is 5.85. The highest BCUT2D eigenvalue weighted by Crippen LogP contribution is 2.48. The first-order valence-corrected chi connectivity index (χ1v) is 8.37. The maximum atomic E-state index is 2.33. The van der Waals surface area contributed by atoms with Crippen LogP contribution in [-0.2, 0) is 6.42 Å². The first-order valence-electron chi connectivity index (χ1n) is 7.14. The van der Waals surface area contributed by atoms with Gasteiger partial charge in [0.05, 0.1) is 0 Å². The Morgan fingerprint density at radius 3 is 2.60 bits per heavy atom. The summed E-state index contributed by atoms with van der Waals surface area (Å²) in [7, 11) is 0.138. The van der Waals surface area contributed by atoms with Crippen LogP contribution in [0.1, 0.15) is 22.4 Å². The molecule has 0 radical (unpaired) electrons. The van der Waals surface area contributed by atoms with Crippen LogP contribution in [0.25, 0.3) is 21.1 Å². The lowest BCUT2D eigenvalue weighted by atomic mass is 10.0. The van der Waals surface area contributed by atoms with Gasteiger partial charge in [0.25, 0.3) is 0 Å². The second-order valence-corrected chi connectivity index (χ2v) is 7.41. The third-order valence-electron chi connectivity index (χ3n) is 4.02. The van der Waals surface area contributed by atoms with E-state index in [1.807, 2.05) is 0 Å². The van der Waals surface area contributed by atoms with Crippen LogP contribution >= 0.6 is 10.5 Å². The van der Waals surface area contributed by atoms with E-state index in [-0.39, 0.29) is 10.5 Å². The number of hydrogen-bond acceptors (Lipinski definition) is 0. The SMILES string of the molecule is Cc1ccc(-[s+]2c3c(c4ccccc42)C=CCC3)cc1. The average Bonchev–Trinajstić information content (AvgIpc) is 2.83. The molecule has 0 saturated carbocycles. The van der Waals surface area contributed by atoms with Gasteiger partial charge < -0.3 is 0 Å². The Morgan fingerprint density at radius 1 is 0.950 bits per heavy atom. The summed E-state index contributed by atoms with van der Waals surface area (Å²) in [6, 6.07) is 18.0. The van der Waals surface area contributed by atoms with Crippen LogP contribution in [0.5, 0.6) is 0 Å². The fourth-order valence-corrected chi connectivity index (χ4v) is 5.58. The number of rotatable bonds is 1. The van der Waals surface area contributed by atoms with Crippen molar-refractivity contribution in [3.8, 4) is 4.90 Å². The minimum Gasteiger partial charge on any atom is -0.0832 e. The molecule has 0 saturated heterocycles.